The highest BCUT2D eigenvalue weighted by atomic mass is 19.1. The highest BCUT2D eigenvalue weighted by Crippen LogP contribution is 2.26. The zero-order chi connectivity index (χ0) is 14.2. The SMILES string of the molecule is O=C(c1c(F)ccc([N+](=O)[O-])c1F)N1CC(CO)C1. The highest BCUT2D eigenvalue weighted by Gasteiger charge is 2.35. The number of nitro benzene ring substituents is 1. The molecule has 0 radical (unpaired) electrons. The molecule has 1 aliphatic heterocycles. The van der Waals surface area contributed by atoms with E-state index < -0.39 is 33.7 Å². The number of hydrogen-bond donors (Lipinski definition) is 1. The Kier molecular flexibility index (Phi) is 3.43. The van der Waals surface area contributed by atoms with E-state index in [1.54, 1.807) is 0 Å². The van der Waals surface area contributed by atoms with Crippen molar-refractivity contribution in [3.63, 3.8) is 0 Å². The lowest BCUT2D eigenvalue weighted by Crippen LogP contribution is -2.51. The van der Waals surface area contributed by atoms with Crippen LogP contribution in [0.2, 0.25) is 0 Å². The molecule has 1 amide bonds. The summed E-state index contributed by atoms with van der Waals surface area (Å²) >= 11 is 0. The largest absolute Gasteiger partial charge is 0.396 e. The molecule has 1 aliphatic rings. The van der Waals surface area contributed by atoms with Gasteiger partial charge in [0.05, 0.1) is 4.92 Å². The van der Waals surface area contributed by atoms with Gasteiger partial charge in [-0.05, 0) is 6.07 Å². The molecule has 0 saturated carbocycles. The van der Waals surface area contributed by atoms with E-state index in [2.05, 4.69) is 0 Å². The van der Waals surface area contributed by atoms with Gasteiger partial charge in [0.1, 0.15) is 11.4 Å². The molecule has 19 heavy (non-hydrogen) atoms. The molecule has 0 aliphatic carbocycles. The molecule has 1 saturated heterocycles. The fourth-order valence-corrected chi connectivity index (χ4v) is 1.89. The quantitative estimate of drug-likeness (QED) is 0.655. The van der Waals surface area contributed by atoms with Gasteiger partial charge in [0.2, 0.25) is 5.82 Å². The second-order valence-corrected chi connectivity index (χ2v) is 4.27. The Morgan fingerprint density at radius 2 is 2.11 bits per heavy atom. The molecule has 1 fully saturated rings. The Labute approximate surface area is 106 Å². The van der Waals surface area contributed by atoms with E-state index in [9.17, 15) is 23.7 Å². The highest BCUT2D eigenvalue weighted by molar-refractivity contribution is 5.96. The van der Waals surface area contributed by atoms with Crippen LogP contribution in [0.15, 0.2) is 12.1 Å². The molecule has 102 valence electrons. The Bertz CT molecular complexity index is 544. The summed E-state index contributed by atoms with van der Waals surface area (Å²) in [5.41, 5.74) is -1.87. The minimum Gasteiger partial charge on any atom is -0.396 e. The summed E-state index contributed by atoms with van der Waals surface area (Å²) < 4.78 is 27.2. The van der Waals surface area contributed by atoms with Crippen molar-refractivity contribution in [1.29, 1.82) is 0 Å². The zero-order valence-electron chi connectivity index (χ0n) is 9.68. The molecule has 0 spiro atoms. The van der Waals surface area contributed by atoms with Crippen molar-refractivity contribution in [3.05, 3.63) is 39.4 Å². The van der Waals surface area contributed by atoms with Crippen molar-refractivity contribution in [3.8, 4) is 0 Å². The van der Waals surface area contributed by atoms with Crippen molar-refractivity contribution < 1.29 is 23.6 Å². The summed E-state index contributed by atoms with van der Waals surface area (Å²) in [6.45, 7) is 0.234. The van der Waals surface area contributed by atoms with Gasteiger partial charge in [-0.15, -0.1) is 0 Å². The molecule has 0 unspecified atom stereocenters. The van der Waals surface area contributed by atoms with Crippen LogP contribution in [-0.4, -0.2) is 40.5 Å². The summed E-state index contributed by atoms with van der Waals surface area (Å²) in [6.07, 6.45) is 0. The molecule has 6 nitrogen and oxygen atoms in total. The van der Waals surface area contributed by atoms with Crippen LogP contribution in [0.5, 0.6) is 0 Å². The average Bonchev–Trinajstić information content (AvgIpc) is 2.27. The Balaban J connectivity index is 2.32. The maximum atomic E-state index is 13.8. The third kappa shape index (κ3) is 2.26. The predicted octanol–water partition coefficient (Wildman–Crippen LogP) is 0.937. The van der Waals surface area contributed by atoms with Crippen LogP contribution in [0.4, 0.5) is 14.5 Å². The maximum Gasteiger partial charge on any atom is 0.305 e. The van der Waals surface area contributed by atoms with Gasteiger partial charge < -0.3 is 10.0 Å². The molecule has 0 aromatic heterocycles. The molecular formula is C11H10F2N2O4. The summed E-state index contributed by atoms with van der Waals surface area (Å²) in [7, 11) is 0. The third-order valence-corrected chi connectivity index (χ3v) is 2.98. The fourth-order valence-electron chi connectivity index (χ4n) is 1.89. The summed E-state index contributed by atoms with van der Waals surface area (Å²) in [5.74, 6) is -3.67. The monoisotopic (exact) mass is 272 g/mol. The molecule has 2 rings (SSSR count). The predicted molar refractivity (Wildman–Crippen MR) is 59.5 cm³/mol. The molecule has 1 N–H and O–H groups in total. The van der Waals surface area contributed by atoms with Crippen LogP contribution >= 0.6 is 0 Å². The van der Waals surface area contributed by atoms with Crippen LogP contribution in [0.1, 0.15) is 10.4 Å². The number of aliphatic hydroxyl groups is 1. The van der Waals surface area contributed by atoms with Gasteiger partial charge in [-0.25, -0.2) is 4.39 Å². The first-order valence-electron chi connectivity index (χ1n) is 5.48. The van der Waals surface area contributed by atoms with E-state index in [0.717, 1.165) is 4.90 Å². The van der Waals surface area contributed by atoms with E-state index in [4.69, 9.17) is 5.11 Å². The van der Waals surface area contributed by atoms with E-state index in [1.807, 2.05) is 0 Å². The molecule has 1 aromatic carbocycles. The fraction of sp³-hybridized carbons (Fsp3) is 0.364. The minimum atomic E-state index is -1.47. The van der Waals surface area contributed by atoms with Crippen LogP contribution in [0.3, 0.4) is 0 Å². The van der Waals surface area contributed by atoms with Gasteiger partial charge >= 0.3 is 5.69 Å². The standard InChI is InChI=1S/C11H10F2N2O4/c12-7-1-2-8(15(18)19)10(13)9(7)11(17)14-3-6(4-14)5-16/h1-2,6,16H,3-5H2. The third-order valence-electron chi connectivity index (χ3n) is 2.98. The van der Waals surface area contributed by atoms with Crippen molar-refractivity contribution >= 4 is 11.6 Å². The number of aliphatic hydroxyl groups excluding tert-OH is 1. The van der Waals surface area contributed by atoms with Crippen molar-refractivity contribution in [2.75, 3.05) is 19.7 Å². The van der Waals surface area contributed by atoms with Crippen LogP contribution < -0.4 is 0 Å². The second-order valence-electron chi connectivity index (χ2n) is 4.27. The molecule has 0 atom stereocenters. The first-order chi connectivity index (χ1) is 8.95. The number of hydrogen-bond acceptors (Lipinski definition) is 4. The Morgan fingerprint density at radius 1 is 1.47 bits per heavy atom. The normalized spacial score (nSPS) is 15.2. The van der Waals surface area contributed by atoms with Crippen molar-refractivity contribution in [2.24, 2.45) is 5.92 Å². The van der Waals surface area contributed by atoms with E-state index in [0.29, 0.717) is 12.1 Å². The summed E-state index contributed by atoms with van der Waals surface area (Å²) in [6, 6.07) is 1.37. The first-order valence-corrected chi connectivity index (χ1v) is 5.48. The van der Waals surface area contributed by atoms with Gasteiger partial charge in [-0.2, -0.15) is 4.39 Å². The van der Waals surface area contributed by atoms with E-state index >= 15 is 0 Å². The lowest BCUT2D eigenvalue weighted by Gasteiger charge is -2.38. The number of amides is 1. The van der Waals surface area contributed by atoms with Crippen molar-refractivity contribution in [1.82, 2.24) is 4.90 Å². The molecule has 0 bridgehead atoms. The van der Waals surface area contributed by atoms with Gasteiger partial charge in [-0.1, -0.05) is 0 Å². The number of benzene rings is 1. The second kappa shape index (κ2) is 4.88. The van der Waals surface area contributed by atoms with Gasteiger partial charge in [0.15, 0.2) is 0 Å². The van der Waals surface area contributed by atoms with Gasteiger partial charge in [0, 0.05) is 31.7 Å². The van der Waals surface area contributed by atoms with Gasteiger partial charge in [-0.3, -0.25) is 14.9 Å². The zero-order valence-corrected chi connectivity index (χ0v) is 9.68. The lowest BCUT2D eigenvalue weighted by atomic mass is 9.99. The Morgan fingerprint density at radius 3 is 2.63 bits per heavy atom. The van der Waals surface area contributed by atoms with Crippen LogP contribution in [0, 0.1) is 27.7 Å². The number of halogens is 2. The van der Waals surface area contributed by atoms with Crippen LogP contribution in [-0.2, 0) is 0 Å². The average molecular weight is 272 g/mol. The number of nitrogens with zero attached hydrogens (tertiary/aromatic N) is 2. The van der Waals surface area contributed by atoms with Crippen LogP contribution in [0.25, 0.3) is 0 Å². The molecular weight excluding hydrogens is 262 g/mol. The molecule has 1 heterocycles. The number of carbonyl (C=O) groups is 1. The number of nitro groups is 1. The number of rotatable bonds is 3. The first kappa shape index (κ1) is 13.3. The van der Waals surface area contributed by atoms with E-state index in [1.165, 1.54) is 0 Å². The topological polar surface area (TPSA) is 83.7 Å². The lowest BCUT2D eigenvalue weighted by molar-refractivity contribution is -0.387. The van der Waals surface area contributed by atoms with Gasteiger partial charge in [0.25, 0.3) is 5.91 Å². The Hall–Kier alpha value is -2.09. The smallest absolute Gasteiger partial charge is 0.305 e. The molecule has 8 heteroatoms. The summed E-state index contributed by atoms with van der Waals surface area (Å²) in [5, 5.41) is 19.4. The maximum absolute atomic E-state index is 13.8. The number of carbonyl (C=O) groups excluding carboxylic acids is 1. The van der Waals surface area contributed by atoms with E-state index in [-0.39, 0.29) is 25.6 Å². The van der Waals surface area contributed by atoms with Crippen molar-refractivity contribution in [2.45, 2.75) is 0 Å². The molecule has 1 aromatic rings. The minimum absolute atomic E-state index is 0.117. The summed E-state index contributed by atoms with van der Waals surface area (Å²) in [4.78, 5) is 22.5. The number of likely N-dealkylation sites (tertiary alicyclic amines) is 1.